The molecule has 3 amide bonds. The predicted molar refractivity (Wildman–Crippen MR) is 375 cm³/mol. The fraction of sp³-hybridized carbons (Fsp3) is 0.692. The van der Waals surface area contributed by atoms with Crippen LogP contribution in [0.5, 0.6) is 0 Å². The first-order valence-corrected chi connectivity index (χ1v) is 35.8. The molecule has 4 aromatic rings. The van der Waals surface area contributed by atoms with Crippen LogP contribution in [0.3, 0.4) is 0 Å². The van der Waals surface area contributed by atoms with E-state index < -0.39 is 0 Å². The van der Waals surface area contributed by atoms with Crippen molar-refractivity contribution in [2.75, 3.05) is 85.8 Å². The summed E-state index contributed by atoms with van der Waals surface area (Å²) in [4.78, 5) is 48.1. The van der Waals surface area contributed by atoms with E-state index in [1.54, 1.807) is 4.68 Å². The molecule has 3 aromatic carbocycles. The molecular weight excluding hydrogens is 1130 g/mol. The van der Waals surface area contributed by atoms with Crippen molar-refractivity contribution in [1.82, 2.24) is 40.0 Å². The molecule has 0 bridgehead atoms. The third kappa shape index (κ3) is 18.4. The second kappa shape index (κ2) is 30.5. The van der Waals surface area contributed by atoms with Gasteiger partial charge in [0.2, 0.25) is 5.91 Å². The topological polar surface area (TPSA) is 125 Å². The zero-order valence-corrected chi connectivity index (χ0v) is 58.9. The smallest absolute Gasteiger partial charge is 0.410 e. The molecule has 11 rings (SSSR count). The molecule has 3 spiro atoms. The maximum Gasteiger partial charge on any atom is 0.410 e. The van der Waals surface area contributed by atoms with E-state index >= 15 is 0 Å². The molecular formula is C78H124N8O5. The third-order valence-electron chi connectivity index (χ3n) is 22.1. The highest BCUT2D eigenvalue weighted by Gasteiger charge is 2.46. The van der Waals surface area contributed by atoms with Gasteiger partial charge in [-0.2, -0.15) is 5.10 Å². The minimum Gasteiger partial charge on any atom is -0.449 e. The number of aryl methyl sites for hydroxylation is 1. The number of nitrogens with one attached hydrogen (secondary N) is 2. The normalized spacial score (nSPS) is 22.5. The van der Waals surface area contributed by atoms with E-state index in [0.717, 1.165) is 51.5 Å². The third-order valence-corrected chi connectivity index (χ3v) is 22.1. The van der Waals surface area contributed by atoms with Gasteiger partial charge in [-0.25, -0.2) is 4.79 Å². The van der Waals surface area contributed by atoms with E-state index in [2.05, 4.69) is 179 Å². The summed E-state index contributed by atoms with van der Waals surface area (Å²) in [5.74, 6) is 0.631. The van der Waals surface area contributed by atoms with E-state index in [-0.39, 0.29) is 55.6 Å². The van der Waals surface area contributed by atoms with Crippen molar-refractivity contribution < 1.29 is 26.7 Å². The molecule has 1 aromatic heterocycles. The van der Waals surface area contributed by atoms with Gasteiger partial charge in [0, 0.05) is 41.8 Å². The Labute approximate surface area is 553 Å². The van der Waals surface area contributed by atoms with Gasteiger partial charge in [0.15, 0.2) is 0 Å². The Morgan fingerprint density at radius 3 is 1.41 bits per heavy atom. The second-order valence-electron chi connectivity index (χ2n) is 32.8. The van der Waals surface area contributed by atoms with Crippen LogP contribution in [0.1, 0.15) is 257 Å². The molecule has 3 atom stereocenters. The van der Waals surface area contributed by atoms with E-state index in [1.165, 1.54) is 156 Å². The summed E-state index contributed by atoms with van der Waals surface area (Å²) in [6.07, 6.45) is 21.1. The molecule has 0 unspecified atom stereocenters. The number of hydrogen-bond donors (Lipinski definition) is 2. The minimum absolute atomic E-state index is 0. The Morgan fingerprint density at radius 1 is 0.582 bits per heavy atom. The van der Waals surface area contributed by atoms with Crippen molar-refractivity contribution in [2.24, 2.45) is 28.1 Å². The predicted octanol–water partition coefficient (Wildman–Crippen LogP) is 16.3. The van der Waals surface area contributed by atoms with Crippen molar-refractivity contribution in [3.8, 4) is 0 Å². The molecule has 0 saturated carbocycles. The van der Waals surface area contributed by atoms with Gasteiger partial charge in [0.25, 0.3) is 5.91 Å². The maximum atomic E-state index is 12.9. The van der Waals surface area contributed by atoms with Gasteiger partial charge in [-0.15, -0.1) is 0 Å². The van der Waals surface area contributed by atoms with E-state index in [4.69, 9.17) is 9.47 Å². The summed E-state index contributed by atoms with van der Waals surface area (Å²) in [6, 6.07) is 28.8. The largest absolute Gasteiger partial charge is 0.449 e. The number of aromatic nitrogens is 2. The molecule has 4 aliphatic heterocycles. The van der Waals surface area contributed by atoms with E-state index in [0.29, 0.717) is 53.1 Å². The standard InChI is InChI=1S/C26H38N4O.C26H40N2O2.C26H42N2O2.2H2/c1-5-30-16-11-23(28-30)24(31)27-22-10-12-26(21-9-7-6-8-20(21)22)14-18-29(19-15-26)17-13-25(2,3)4;1-25(2,3)12-15-28-16-13-26(14-17-28)11-8-23(21-6-4-5-7-22(21)26)27-24(29)20-9-18-30-19-10-20;1-20(2)19-30-24(29)27(6)23-11-12-26(22-10-8-7-9-21(22)23)14-17-28(18-15-26)16-13-25(3,4)5;;/h6-9,11,16,22H,5,10,12-15,17-19H2,1-4H3,(H,27,31);4-7,20,23H,8-19H2,1-3H3,(H,27,29);7-10,20,23H,11-19H2,1-6H3;2*1H/t22-;2*23-;;/m000../s1. The van der Waals surface area contributed by atoms with Crippen LogP contribution in [0.4, 0.5) is 4.79 Å². The number of carbonyl (C=O) groups is 3. The first kappa shape index (κ1) is 70.2. The van der Waals surface area contributed by atoms with Crippen LogP contribution in [0, 0.1) is 28.1 Å². The van der Waals surface area contributed by atoms with Crippen LogP contribution >= 0.6 is 0 Å². The molecule has 5 heterocycles. The summed E-state index contributed by atoms with van der Waals surface area (Å²) in [5.41, 5.74) is 11.0. The minimum atomic E-state index is -0.198. The molecule has 13 nitrogen and oxygen atoms in total. The fourth-order valence-corrected chi connectivity index (χ4v) is 15.9. The maximum absolute atomic E-state index is 12.9. The van der Waals surface area contributed by atoms with Gasteiger partial charge in [0.05, 0.1) is 24.7 Å². The second-order valence-corrected chi connectivity index (χ2v) is 32.8. The quantitative estimate of drug-likeness (QED) is 0.127. The lowest BCUT2D eigenvalue weighted by atomic mass is 9.63. The summed E-state index contributed by atoms with van der Waals surface area (Å²) in [6.45, 7) is 40.6. The first-order valence-electron chi connectivity index (χ1n) is 35.8. The van der Waals surface area contributed by atoms with E-state index in [1.807, 2.05) is 31.1 Å². The summed E-state index contributed by atoms with van der Waals surface area (Å²) < 4.78 is 12.7. The van der Waals surface area contributed by atoms with Crippen LogP contribution in [-0.2, 0) is 37.1 Å². The lowest BCUT2D eigenvalue weighted by Crippen LogP contribution is -2.47. The van der Waals surface area contributed by atoms with Gasteiger partial charge < -0.3 is 39.7 Å². The summed E-state index contributed by atoms with van der Waals surface area (Å²) in [7, 11) is 1.90. The average Bonchev–Trinajstić information content (AvgIpc) is 0.924. The van der Waals surface area contributed by atoms with Crippen molar-refractivity contribution in [3.05, 3.63) is 124 Å². The molecule has 506 valence electrons. The van der Waals surface area contributed by atoms with Crippen LogP contribution < -0.4 is 10.6 Å². The van der Waals surface area contributed by atoms with Crippen molar-refractivity contribution in [3.63, 3.8) is 0 Å². The van der Waals surface area contributed by atoms with Gasteiger partial charge >= 0.3 is 6.09 Å². The molecule has 2 N–H and O–H groups in total. The van der Waals surface area contributed by atoms with Crippen LogP contribution in [-0.4, -0.2) is 133 Å². The lowest BCUT2D eigenvalue weighted by molar-refractivity contribution is -0.128. The number of ether oxygens (including phenoxy) is 2. The fourth-order valence-electron chi connectivity index (χ4n) is 15.9. The number of fused-ring (bicyclic) bond motifs is 6. The molecule has 7 aliphatic rings. The number of benzene rings is 3. The van der Waals surface area contributed by atoms with Gasteiger partial charge in [-0.3, -0.25) is 14.3 Å². The van der Waals surface area contributed by atoms with Crippen LogP contribution in [0.2, 0.25) is 0 Å². The Bertz CT molecular complexity index is 2990. The zero-order valence-electron chi connectivity index (χ0n) is 58.9. The number of rotatable bonds is 14. The Morgan fingerprint density at radius 2 is 0.989 bits per heavy atom. The van der Waals surface area contributed by atoms with Crippen molar-refractivity contribution in [1.29, 1.82) is 0 Å². The van der Waals surface area contributed by atoms with E-state index in [9.17, 15) is 14.4 Å². The van der Waals surface area contributed by atoms with Gasteiger partial charge in [-0.05, 0) is 253 Å². The molecule has 4 saturated heterocycles. The molecule has 91 heavy (non-hydrogen) atoms. The molecule has 3 aliphatic carbocycles. The highest BCUT2D eigenvalue weighted by atomic mass is 16.6. The monoisotopic (exact) mass is 1250 g/mol. The van der Waals surface area contributed by atoms with Crippen LogP contribution in [0.25, 0.3) is 0 Å². The summed E-state index contributed by atoms with van der Waals surface area (Å²) >= 11 is 0. The first-order chi connectivity index (χ1) is 43.3. The highest BCUT2D eigenvalue weighted by Crippen LogP contribution is 2.52. The number of carbonyl (C=O) groups excluding carboxylic acids is 3. The number of piperidine rings is 3. The highest BCUT2D eigenvalue weighted by molar-refractivity contribution is 5.92. The van der Waals surface area contributed by atoms with Gasteiger partial charge in [-0.1, -0.05) is 149 Å². The Balaban J connectivity index is 0.000000196. The van der Waals surface area contributed by atoms with Crippen molar-refractivity contribution in [2.45, 2.75) is 233 Å². The number of amides is 3. The summed E-state index contributed by atoms with van der Waals surface area (Å²) in [5, 5.41) is 11.1. The average molecular weight is 1250 g/mol. The molecule has 13 heteroatoms. The Kier molecular flexibility index (Phi) is 23.6. The lowest BCUT2D eigenvalue weighted by Gasteiger charge is -2.48. The number of nitrogens with zero attached hydrogens (tertiary/aromatic N) is 6. The zero-order chi connectivity index (χ0) is 65.2. The van der Waals surface area contributed by atoms with Gasteiger partial charge in [0.1, 0.15) is 5.69 Å². The number of hydrogen-bond acceptors (Lipinski definition) is 9. The molecule has 4 fully saturated rings. The van der Waals surface area contributed by atoms with Crippen LogP contribution in [0.15, 0.2) is 85.1 Å². The SMILES string of the molecule is CC(C)(C)CCN1CCC2(CC[C@H](NC(=O)C3CCOCC3)c3ccccc32)CC1.CC(C)COC(=O)N(C)[C@H]1CCC2(CCN(CCC(C)(C)C)CC2)c2ccccc21.CCn1ccc(C(=O)N[C@H]2CCC3(CCN(CCC(C)(C)C)CC3)c3ccccc32)n1.[HH].[HH]. The molecule has 0 radical (unpaired) electrons. The Hall–Kier alpha value is -5.08. The van der Waals surface area contributed by atoms with Crippen molar-refractivity contribution >= 4 is 17.9 Å². The number of likely N-dealkylation sites (tertiary alicyclic amines) is 3.